The van der Waals surface area contributed by atoms with E-state index in [1.807, 2.05) is 12.3 Å². The Morgan fingerprint density at radius 2 is 1.93 bits per heavy atom. The van der Waals surface area contributed by atoms with Gasteiger partial charge in [0.15, 0.2) is 0 Å². The molecule has 3 heterocycles. The van der Waals surface area contributed by atoms with E-state index in [2.05, 4.69) is 34.5 Å². The molecule has 2 aromatic heterocycles. The van der Waals surface area contributed by atoms with Gasteiger partial charge < -0.3 is 4.74 Å². The number of fused-ring (bicyclic) bond motifs is 1. The van der Waals surface area contributed by atoms with Gasteiger partial charge in [-0.15, -0.1) is 0 Å². The third-order valence-electron chi connectivity index (χ3n) is 6.79. The Morgan fingerprint density at radius 3 is 2.68 bits per heavy atom. The second-order valence-corrected chi connectivity index (χ2v) is 9.30. The van der Waals surface area contributed by atoms with Crippen molar-refractivity contribution in [1.82, 2.24) is 19.7 Å². The number of halogens is 1. The van der Waals surface area contributed by atoms with Crippen LogP contribution < -0.4 is 0 Å². The molecule has 3 aliphatic rings. The molecule has 2 aromatic rings. The SMILES string of the molecule is CC(C)n1nc(-c2cncc(Cl)c2)cc1C1C2CC(N3CCCOCC3)CC21. The van der Waals surface area contributed by atoms with Crippen molar-refractivity contribution in [2.75, 3.05) is 26.3 Å². The molecule has 0 spiro atoms. The Hall–Kier alpha value is -1.43. The molecule has 3 fully saturated rings. The number of hydrogen-bond donors (Lipinski definition) is 0. The lowest BCUT2D eigenvalue weighted by atomic mass is 10.0. The molecule has 28 heavy (non-hydrogen) atoms. The highest BCUT2D eigenvalue weighted by Gasteiger charge is 2.58. The second kappa shape index (κ2) is 7.43. The van der Waals surface area contributed by atoms with Crippen molar-refractivity contribution in [3.05, 3.63) is 35.2 Å². The third kappa shape index (κ3) is 3.38. The zero-order chi connectivity index (χ0) is 19.3. The van der Waals surface area contributed by atoms with E-state index in [0.717, 1.165) is 48.9 Å². The summed E-state index contributed by atoms with van der Waals surface area (Å²) in [5.41, 5.74) is 3.39. The molecule has 150 valence electrons. The Balaban J connectivity index is 1.34. The monoisotopic (exact) mass is 400 g/mol. The maximum absolute atomic E-state index is 6.15. The molecular weight excluding hydrogens is 372 g/mol. The first-order valence-electron chi connectivity index (χ1n) is 10.6. The molecule has 5 rings (SSSR count). The standard InChI is InChI=1S/C22H29ClN4O/c1-14(2)27-21(11-20(25-27)15-8-16(23)13-24-12-15)22-18-9-17(10-19(18)22)26-4-3-6-28-7-5-26/h8,11-14,17-19,22H,3-7,9-10H2,1-2H3. The lowest BCUT2D eigenvalue weighted by molar-refractivity contribution is 0.129. The van der Waals surface area contributed by atoms with Gasteiger partial charge in [-0.2, -0.15) is 5.10 Å². The average molecular weight is 401 g/mol. The van der Waals surface area contributed by atoms with E-state index in [1.54, 1.807) is 6.20 Å². The lowest BCUT2D eigenvalue weighted by Crippen LogP contribution is -2.36. The quantitative estimate of drug-likeness (QED) is 0.763. The Labute approximate surface area is 172 Å². The maximum Gasteiger partial charge on any atom is 0.0942 e. The van der Waals surface area contributed by atoms with Gasteiger partial charge in [0, 0.05) is 61.3 Å². The van der Waals surface area contributed by atoms with Gasteiger partial charge in [-0.1, -0.05) is 11.6 Å². The minimum atomic E-state index is 0.357. The topological polar surface area (TPSA) is 43.2 Å². The van der Waals surface area contributed by atoms with Crippen molar-refractivity contribution in [2.45, 2.75) is 51.1 Å². The van der Waals surface area contributed by atoms with Crippen LogP contribution in [-0.4, -0.2) is 52.0 Å². The highest BCUT2D eigenvalue weighted by atomic mass is 35.5. The number of aromatic nitrogens is 3. The van der Waals surface area contributed by atoms with E-state index in [4.69, 9.17) is 21.4 Å². The molecule has 2 atom stereocenters. The van der Waals surface area contributed by atoms with Crippen molar-refractivity contribution in [1.29, 1.82) is 0 Å². The molecule has 6 heteroatoms. The molecular formula is C22H29ClN4O. The smallest absolute Gasteiger partial charge is 0.0942 e. The molecule has 0 radical (unpaired) electrons. The number of hydrogen-bond acceptors (Lipinski definition) is 4. The Morgan fingerprint density at radius 1 is 1.11 bits per heavy atom. The van der Waals surface area contributed by atoms with Crippen LogP contribution in [0.2, 0.25) is 5.02 Å². The van der Waals surface area contributed by atoms with Gasteiger partial charge in [0.2, 0.25) is 0 Å². The van der Waals surface area contributed by atoms with Crippen LogP contribution in [0.4, 0.5) is 0 Å². The first-order chi connectivity index (χ1) is 13.6. The summed E-state index contributed by atoms with van der Waals surface area (Å²) in [6.45, 7) is 8.55. The lowest BCUT2D eigenvalue weighted by Gasteiger charge is -2.28. The van der Waals surface area contributed by atoms with Crippen LogP contribution >= 0.6 is 11.6 Å². The van der Waals surface area contributed by atoms with Gasteiger partial charge in [0.05, 0.1) is 17.3 Å². The fourth-order valence-corrected chi connectivity index (χ4v) is 5.62. The molecule has 0 aromatic carbocycles. The van der Waals surface area contributed by atoms with E-state index in [1.165, 1.54) is 31.5 Å². The fourth-order valence-electron chi connectivity index (χ4n) is 5.44. The van der Waals surface area contributed by atoms with Gasteiger partial charge in [-0.25, -0.2) is 0 Å². The summed E-state index contributed by atoms with van der Waals surface area (Å²) in [5, 5.41) is 5.58. The molecule has 1 aliphatic heterocycles. The molecule has 0 bridgehead atoms. The predicted molar refractivity (Wildman–Crippen MR) is 111 cm³/mol. The maximum atomic E-state index is 6.15. The van der Waals surface area contributed by atoms with Crippen molar-refractivity contribution >= 4 is 11.6 Å². The summed E-state index contributed by atoms with van der Waals surface area (Å²) >= 11 is 6.15. The van der Waals surface area contributed by atoms with Crippen LogP contribution in [0.3, 0.4) is 0 Å². The first-order valence-corrected chi connectivity index (χ1v) is 11.0. The van der Waals surface area contributed by atoms with Crippen molar-refractivity contribution in [2.24, 2.45) is 11.8 Å². The van der Waals surface area contributed by atoms with Gasteiger partial charge in [0.1, 0.15) is 0 Å². The van der Waals surface area contributed by atoms with Crippen molar-refractivity contribution in [3.63, 3.8) is 0 Å². The van der Waals surface area contributed by atoms with Crippen LogP contribution in [0, 0.1) is 11.8 Å². The zero-order valence-electron chi connectivity index (χ0n) is 16.7. The minimum Gasteiger partial charge on any atom is -0.380 e. The largest absolute Gasteiger partial charge is 0.380 e. The number of nitrogens with zero attached hydrogens (tertiary/aromatic N) is 4. The highest BCUT2D eigenvalue weighted by molar-refractivity contribution is 6.30. The normalized spacial score (nSPS) is 30.4. The molecule has 0 N–H and O–H groups in total. The minimum absolute atomic E-state index is 0.357. The first kappa shape index (κ1) is 18.6. The number of ether oxygens (including phenoxy) is 1. The summed E-state index contributed by atoms with van der Waals surface area (Å²) in [6, 6.07) is 5.34. The number of rotatable bonds is 4. The van der Waals surface area contributed by atoms with E-state index in [-0.39, 0.29) is 0 Å². The Bertz CT molecular complexity index is 831. The summed E-state index contributed by atoms with van der Waals surface area (Å²) < 4.78 is 7.87. The molecule has 2 unspecified atom stereocenters. The zero-order valence-corrected chi connectivity index (χ0v) is 17.5. The molecule has 2 saturated carbocycles. The summed E-state index contributed by atoms with van der Waals surface area (Å²) in [6.07, 6.45) is 7.35. The molecule has 1 saturated heterocycles. The highest BCUT2D eigenvalue weighted by Crippen LogP contribution is 2.64. The Kier molecular flexibility index (Phi) is 4.93. The molecule has 5 nitrogen and oxygen atoms in total. The van der Waals surface area contributed by atoms with Crippen LogP contribution in [-0.2, 0) is 4.74 Å². The third-order valence-corrected chi connectivity index (χ3v) is 7.00. The van der Waals surface area contributed by atoms with Crippen LogP contribution in [0.15, 0.2) is 24.5 Å². The summed E-state index contributed by atoms with van der Waals surface area (Å²) in [4.78, 5) is 6.91. The summed E-state index contributed by atoms with van der Waals surface area (Å²) in [7, 11) is 0. The second-order valence-electron chi connectivity index (χ2n) is 8.87. The van der Waals surface area contributed by atoms with Crippen LogP contribution in [0.5, 0.6) is 0 Å². The van der Waals surface area contributed by atoms with Crippen molar-refractivity contribution in [3.8, 4) is 11.3 Å². The van der Waals surface area contributed by atoms with Gasteiger partial charge >= 0.3 is 0 Å². The van der Waals surface area contributed by atoms with Gasteiger partial charge in [-0.05, 0) is 57.1 Å². The van der Waals surface area contributed by atoms with E-state index < -0.39 is 0 Å². The predicted octanol–water partition coefficient (Wildman–Crippen LogP) is 4.39. The molecule has 2 aliphatic carbocycles. The van der Waals surface area contributed by atoms with Crippen LogP contribution in [0.25, 0.3) is 11.3 Å². The van der Waals surface area contributed by atoms with E-state index in [9.17, 15) is 0 Å². The van der Waals surface area contributed by atoms with Crippen molar-refractivity contribution < 1.29 is 4.74 Å². The fraction of sp³-hybridized carbons (Fsp3) is 0.636. The number of pyridine rings is 1. The van der Waals surface area contributed by atoms with Crippen LogP contribution in [0.1, 0.15) is 50.8 Å². The van der Waals surface area contributed by atoms with E-state index in [0.29, 0.717) is 17.0 Å². The van der Waals surface area contributed by atoms with E-state index >= 15 is 0 Å². The summed E-state index contributed by atoms with van der Waals surface area (Å²) in [5.74, 6) is 2.29. The van der Waals surface area contributed by atoms with Gasteiger partial charge in [-0.3, -0.25) is 14.6 Å². The average Bonchev–Trinajstić information content (AvgIpc) is 3.01. The molecule has 0 amide bonds. The van der Waals surface area contributed by atoms with Gasteiger partial charge in [0.25, 0.3) is 0 Å².